The molecule has 12 rings (SSSR count). The number of urea groups is 1. The molecule has 5 atom stereocenters. The first kappa shape index (κ1) is 82.4. The number of para-hydroxylation sites is 1. The van der Waals surface area contributed by atoms with Gasteiger partial charge in [0.1, 0.15) is 30.6 Å². The van der Waals surface area contributed by atoms with Crippen molar-refractivity contribution in [1.29, 1.82) is 0 Å². The van der Waals surface area contributed by atoms with Crippen molar-refractivity contribution in [3.05, 3.63) is 131 Å². The smallest absolute Gasteiger partial charge is 0.410 e. The van der Waals surface area contributed by atoms with Gasteiger partial charge in [-0.15, -0.1) is 0 Å². The zero-order chi connectivity index (χ0) is 80.6. The number of nitrogens with two attached hydrogens (primary N) is 2. The number of aromatic nitrogens is 4. The van der Waals surface area contributed by atoms with Crippen LogP contribution in [0.1, 0.15) is 161 Å². The number of benzene rings is 3. The van der Waals surface area contributed by atoms with Crippen molar-refractivity contribution >= 4 is 114 Å². The third-order valence-corrected chi connectivity index (χ3v) is 23.3. The molecule has 32 nitrogen and oxygen atoms in total. The molecule has 3 aromatic heterocycles. The molecule has 0 radical (unpaired) electrons. The minimum atomic E-state index is -4.57. The number of aliphatic carboxylic acids is 1. The molecular formula is C78H96N14O18S2. The van der Waals surface area contributed by atoms with Crippen molar-refractivity contribution in [2.75, 3.05) is 60.6 Å². The van der Waals surface area contributed by atoms with Gasteiger partial charge in [-0.05, 0) is 172 Å². The highest BCUT2D eigenvalue weighted by atomic mass is 32.2. The number of pyridine rings is 1. The van der Waals surface area contributed by atoms with Gasteiger partial charge in [0.05, 0.1) is 34.4 Å². The Hall–Kier alpha value is -10.6. The molecule has 2 aliphatic heterocycles. The summed E-state index contributed by atoms with van der Waals surface area (Å²) in [6.45, 7) is 10.1. The zero-order valence-corrected chi connectivity index (χ0v) is 64.9. The molecule has 4 aliphatic carbocycles. The van der Waals surface area contributed by atoms with Crippen LogP contribution < -0.4 is 37.6 Å². The zero-order valence-electron chi connectivity index (χ0n) is 63.2. The van der Waals surface area contributed by atoms with E-state index in [0.717, 1.165) is 81.1 Å². The monoisotopic (exact) mass is 1580 g/mol. The van der Waals surface area contributed by atoms with Crippen LogP contribution in [0.4, 0.5) is 26.2 Å². The van der Waals surface area contributed by atoms with Gasteiger partial charge in [-0.25, -0.2) is 29.3 Å². The van der Waals surface area contributed by atoms with Crippen LogP contribution in [-0.2, 0) is 79.3 Å². The number of ether oxygens (including phenoxy) is 2. The van der Waals surface area contributed by atoms with E-state index in [2.05, 4.69) is 40.1 Å². The lowest BCUT2D eigenvalue weighted by Gasteiger charge is -2.69. The molecule has 6 aliphatic rings. The summed E-state index contributed by atoms with van der Waals surface area (Å²) >= 11 is 1.39. The number of carboxylic acids is 2. The number of unbranched alkanes of at least 4 members (excludes halogenated alkanes) is 2. The number of fused-ring (bicyclic) bond motifs is 2. The lowest BCUT2D eigenvalue weighted by Crippen LogP contribution is -2.64. The normalized spacial score (nSPS) is 20.4. The summed E-state index contributed by atoms with van der Waals surface area (Å²) in [6, 6.07) is 16.9. The molecule has 112 heavy (non-hydrogen) atoms. The molecule has 6 aromatic rings. The van der Waals surface area contributed by atoms with E-state index in [0.29, 0.717) is 83.4 Å². The van der Waals surface area contributed by atoms with Gasteiger partial charge in [-0.1, -0.05) is 81.9 Å². The predicted octanol–water partition coefficient (Wildman–Crippen LogP) is 7.97. The molecule has 0 spiro atoms. The van der Waals surface area contributed by atoms with Crippen LogP contribution in [0.25, 0.3) is 21.3 Å². The number of hydrogen-bond acceptors (Lipinski definition) is 21. The Morgan fingerprint density at radius 2 is 1.51 bits per heavy atom. The first-order chi connectivity index (χ1) is 53.1. The van der Waals surface area contributed by atoms with Gasteiger partial charge in [-0.3, -0.25) is 57.8 Å². The predicted molar refractivity (Wildman–Crippen MR) is 413 cm³/mol. The second-order valence-electron chi connectivity index (χ2n) is 31.2. The summed E-state index contributed by atoms with van der Waals surface area (Å²) in [5.41, 5.74) is 15.5. The fraction of sp³-hybridized carbons (Fsp3) is 0.487. The molecule has 4 bridgehead atoms. The van der Waals surface area contributed by atoms with Crippen LogP contribution >= 0.6 is 11.3 Å². The van der Waals surface area contributed by atoms with Gasteiger partial charge < -0.3 is 56.9 Å². The van der Waals surface area contributed by atoms with Gasteiger partial charge >= 0.3 is 24.1 Å². The highest BCUT2D eigenvalue weighted by Gasteiger charge is 2.66. The summed E-state index contributed by atoms with van der Waals surface area (Å²) in [7, 11) is -4.57. The molecule has 0 saturated heterocycles. The van der Waals surface area contributed by atoms with E-state index in [4.69, 9.17) is 31.0 Å². The van der Waals surface area contributed by atoms with E-state index in [9.17, 15) is 75.9 Å². The van der Waals surface area contributed by atoms with Crippen molar-refractivity contribution in [2.24, 2.45) is 33.6 Å². The Morgan fingerprint density at radius 1 is 0.786 bits per heavy atom. The molecule has 4 saturated carbocycles. The second-order valence-corrected chi connectivity index (χ2v) is 33.8. The van der Waals surface area contributed by atoms with Crippen LogP contribution in [0.15, 0.2) is 97.2 Å². The van der Waals surface area contributed by atoms with Crippen molar-refractivity contribution in [1.82, 2.24) is 45.1 Å². The fourth-order valence-electron chi connectivity index (χ4n) is 17.6. The first-order valence-corrected chi connectivity index (χ1v) is 40.0. The highest BCUT2D eigenvalue weighted by Crippen LogP contribution is 2.72. The fourth-order valence-corrected chi connectivity index (χ4v) is 18.9. The first-order valence-electron chi connectivity index (χ1n) is 37.5. The summed E-state index contributed by atoms with van der Waals surface area (Å²) in [4.78, 5) is 160. The number of nitrogens with one attached hydrogen (secondary N) is 4. The van der Waals surface area contributed by atoms with Crippen molar-refractivity contribution in [2.45, 2.75) is 174 Å². The number of anilines is 3. The molecular weight excluding hydrogens is 1490 g/mol. The van der Waals surface area contributed by atoms with Crippen molar-refractivity contribution < 1.29 is 85.4 Å². The number of carboxylic acid groups (broad SMARTS) is 2. The number of hydrogen-bond donors (Lipinski definition) is 9. The Morgan fingerprint density at radius 3 is 2.18 bits per heavy atom. The van der Waals surface area contributed by atoms with Crippen LogP contribution in [0.2, 0.25) is 0 Å². The van der Waals surface area contributed by atoms with Crippen LogP contribution in [0, 0.1) is 29.1 Å². The van der Waals surface area contributed by atoms with Crippen molar-refractivity contribution in [3.63, 3.8) is 0 Å². The van der Waals surface area contributed by atoms with E-state index < -0.39 is 124 Å². The minimum absolute atomic E-state index is 0.0237. The van der Waals surface area contributed by atoms with Gasteiger partial charge in [0.25, 0.3) is 33.7 Å². The lowest BCUT2D eigenvalue weighted by molar-refractivity contribution is -0.248. The Balaban J connectivity index is 0.715. The Bertz CT molecular complexity index is 4700. The SMILES string of the molecule is Cc1c(-c2ccc(N3CCc4cccc(C(=O)Nc5nc6ccccc6s5)c4C3)nc2C(=O)O)cnn1CC12CC3(C)CC(C)(C1)CC(OCCN(CCS(=O)(=O)O)C(=O)OCc1ccc(NC(=O)N(C(=O)[C@@H](NC(=O)[C@H](CCC(=O)O)NC(=O)CCCCCN4C(=O)C=CC4=O)C(C)C)[C@@H](CCCN)C(N)=O)cc1)(C3)C2. The molecule has 598 valence electrons. The maximum Gasteiger partial charge on any atom is 0.410 e. The summed E-state index contributed by atoms with van der Waals surface area (Å²) in [5.74, 6) is -8.55. The van der Waals surface area contributed by atoms with Crippen LogP contribution in [0.5, 0.6) is 0 Å². The quantitative estimate of drug-likeness (QED) is 0.0102. The van der Waals surface area contributed by atoms with E-state index >= 15 is 0 Å². The van der Waals surface area contributed by atoms with Crippen molar-refractivity contribution in [3.8, 4) is 11.1 Å². The number of rotatable bonds is 36. The number of thiazole rings is 1. The minimum Gasteiger partial charge on any atom is -0.481 e. The average molecular weight is 1580 g/mol. The van der Waals surface area contributed by atoms with Crippen LogP contribution in [-0.4, -0.2) is 192 Å². The number of primary amides is 1. The second kappa shape index (κ2) is 34.6. The van der Waals surface area contributed by atoms with Gasteiger partial charge in [-0.2, -0.15) is 13.5 Å². The number of amides is 10. The molecule has 4 fully saturated rings. The van der Waals surface area contributed by atoms with Gasteiger partial charge in [0.2, 0.25) is 17.7 Å². The molecule has 5 heterocycles. The Kier molecular flexibility index (Phi) is 25.5. The number of imide groups is 2. The number of carbonyl (C=O) groups is 11. The van der Waals surface area contributed by atoms with Crippen LogP contribution in [0.3, 0.4) is 0 Å². The number of nitrogens with zero attached hydrogens (tertiary/aromatic N) is 8. The maximum atomic E-state index is 14.7. The highest BCUT2D eigenvalue weighted by molar-refractivity contribution is 7.85. The van der Waals surface area contributed by atoms with Gasteiger partial charge in [0, 0.05) is 92.3 Å². The van der Waals surface area contributed by atoms with Gasteiger partial charge in [0.15, 0.2) is 10.8 Å². The van der Waals surface area contributed by atoms with E-state index in [1.54, 1.807) is 38.2 Å². The van der Waals surface area contributed by atoms with E-state index in [1.807, 2.05) is 52.9 Å². The molecule has 10 amide bonds. The molecule has 2 unspecified atom stereocenters. The third kappa shape index (κ3) is 19.8. The lowest BCUT2D eigenvalue weighted by atomic mass is 9.39. The Labute approximate surface area is 651 Å². The molecule has 34 heteroatoms. The molecule has 11 N–H and O–H groups in total. The largest absolute Gasteiger partial charge is 0.481 e. The molecule has 3 aromatic carbocycles. The van der Waals surface area contributed by atoms with E-state index in [1.165, 1.54) is 35.6 Å². The van der Waals surface area contributed by atoms with E-state index in [-0.39, 0.29) is 92.1 Å². The standard InChI is InChI=1S/C78H96N14O18S2/c1-47(2)65(86-69(100)57(24-28-64(96)97)83-61(93)18-7-6-10-31-90-62(94)26-27-63(90)95)70(101)92(58(67(80)98)16-12-30-79)73(104)82-51-21-19-49(20-22-51)39-109-74(105)88(34-36-112(106,107)108)33-35-110-78-43-75(4)40-76(5,44-78)42-77(41-75,45-78)46-91-48(3)54(37-81-91)52-23-25-60(85-66(52)71(102)103)89-32-29-50-13-11-14-53(55(50)38-89)68(99)87-72-84-56-15-8-9-17-59(56)111-72/h8-9,11,13-15,17,19-23,25-27,37,47,57-58,65H,6-7,10,12,16,18,24,28-36,38-46,79H2,1-5H3,(H2,80,98)(H,82,104)(H,83,93)(H,86,100)(H,96,97)(H,102,103)(H,84,87,99)(H,106,107,108)/t57-,58-,65-,75?,76?,77?,78?/m0/s1. The topological polar surface area (TPSA) is 458 Å². The average Bonchev–Trinajstić information content (AvgIpc) is 1.01. The summed E-state index contributed by atoms with van der Waals surface area (Å²) < 4.78 is 49.8. The summed E-state index contributed by atoms with van der Waals surface area (Å²) in [6.07, 6.45) is 8.44. The summed E-state index contributed by atoms with van der Waals surface area (Å²) in [5, 5.41) is 36.4. The maximum absolute atomic E-state index is 14.7. The third-order valence-electron chi connectivity index (χ3n) is 21.7. The number of aromatic carboxylic acids is 1. The number of carbonyl (C=O) groups excluding carboxylic acids is 9.